The first kappa shape index (κ1) is 24.6. The fourth-order valence-corrected chi connectivity index (χ4v) is 4.17. The zero-order valence-electron chi connectivity index (χ0n) is 19.8. The van der Waals surface area contributed by atoms with Gasteiger partial charge in [0.05, 0.1) is 62.4 Å². The molecule has 1 aliphatic rings. The molecule has 7 nitrogen and oxygen atoms in total. The summed E-state index contributed by atoms with van der Waals surface area (Å²) >= 11 is 0. The average Bonchev–Trinajstić information content (AvgIpc) is 2.84. The van der Waals surface area contributed by atoms with E-state index in [4.69, 9.17) is 19.5 Å². The van der Waals surface area contributed by atoms with Crippen molar-refractivity contribution in [3.05, 3.63) is 53.6 Å². The van der Waals surface area contributed by atoms with Gasteiger partial charge in [-0.15, -0.1) is 0 Å². The maximum atomic E-state index is 12.0. The molecule has 0 amide bonds. The third-order valence-electron chi connectivity index (χ3n) is 6.04. The van der Waals surface area contributed by atoms with Crippen LogP contribution in [0.15, 0.2) is 42.5 Å². The summed E-state index contributed by atoms with van der Waals surface area (Å²) in [5, 5.41) is 12.7. The number of anilines is 3. The van der Waals surface area contributed by atoms with E-state index < -0.39 is 0 Å². The van der Waals surface area contributed by atoms with Gasteiger partial charge < -0.3 is 24.4 Å². The van der Waals surface area contributed by atoms with Crippen molar-refractivity contribution in [1.82, 2.24) is 0 Å². The van der Waals surface area contributed by atoms with E-state index in [1.807, 2.05) is 12.1 Å². The van der Waals surface area contributed by atoms with Crippen molar-refractivity contribution in [3.63, 3.8) is 0 Å². The second-order valence-corrected chi connectivity index (χ2v) is 8.60. The van der Waals surface area contributed by atoms with Crippen molar-refractivity contribution in [2.45, 2.75) is 32.2 Å². The monoisotopic (exact) mass is 451 g/mol. The number of nitrogens with zero attached hydrogens (tertiary/aromatic N) is 2. The number of benzene rings is 2. The summed E-state index contributed by atoms with van der Waals surface area (Å²) in [5.74, 6) is 0.0349. The van der Waals surface area contributed by atoms with Gasteiger partial charge in [0.1, 0.15) is 0 Å². The van der Waals surface area contributed by atoms with E-state index in [0.29, 0.717) is 31.3 Å². The molecule has 33 heavy (non-hydrogen) atoms. The van der Waals surface area contributed by atoms with Crippen LogP contribution >= 0.6 is 0 Å². The van der Waals surface area contributed by atoms with Crippen molar-refractivity contribution < 1.29 is 19.0 Å². The predicted octanol–water partition coefficient (Wildman–Crippen LogP) is 4.46. The first-order valence-corrected chi connectivity index (χ1v) is 11.3. The van der Waals surface area contributed by atoms with E-state index in [1.54, 1.807) is 19.2 Å². The van der Waals surface area contributed by atoms with Gasteiger partial charge in [-0.2, -0.15) is 5.26 Å². The third kappa shape index (κ3) is 6.25. The SMILES string of the molecule is COCC(CC(=O)OC)c1ccc(N2CCOCC2C(C)C)c(Nc2ccc(C#N)cc2)c1. The number of methoxy groups -OCH3 is 2. The summed E-state index contributed by atoms with van der Waals surface area (Å²) in [6, 6.07) is 16.1. The molecule has 2 aromatic carbocycles. The number of hydrogen-bond donors (Lipinski definition) is 1. The second-order valence-electron chi connectivity index (χ2n) is 8.60. The first-order valence-electron chi connectivity index (χ1n) is 11.3. The topological polar surface area (TPSA) is 83.8 Å². The van der Waals surface area contributed by atoms with Gasteiger partial charge in [0.2, 0.25) is 0 Å². The van der Waals surface area contributed by atoms with Crippen LogP contribution in [-0.2, 0) is 19.0 Å². The Labute approximate surface area is 196 Å². The molecule has 1 fully saturated rings. The number of hydrogen-bond acceptors (Lipinski definition) is 7. The van der Waals surface area contributed by atoms with Crippen LogP contribution in [-0.4, -0.2) is 52.6 Å². The molecule has 0 aromatic heterocycles. The molecule has 1 aliphatic heterocycles. The first-order chi connectivity index (χ1) is 16.0. The van der Waals surface area contributed by atoms with Crippen LogP contribution in [0, 0.1) is 17.2 Å². The summed E-state index contributed by atoms with van der Waals surface area (Å²) in [4.78, 5) is 14.4. The molecule has 1 N–H and O–H groups in total. The lowest BCUT2D eigenvalue weighted by atomic mass is 9.94. The van der Waals surface area contributed by atoms with Gasteiger partial charge in [-0.25, -0.2) is 0 Å². The van der Waals surface area contributed by atoms with Crippen LogP contribution in [0.5, 0.6) is 0 Å². The Bertz CT molecular complexity index is 968. The van der Waals surface area contributed by atoms with E-state index in [-0.39, 0.29) is 24.3 Å². The lowest BCUT2D eigenvalue weighted by Crippen LogP contribution is -2.48. The van der Waals surface area contributed by atoms with Crippen LogP contribution in [0.1, 0.15) is 37.3 Å². The lowest BCUT2D eigenvalue weighted by Gasteiger charge is -2.40. The van der Waals surface area contributed by atoms with Crippen molar-refractivity contribution in [3.8, 4) is 6.07 Å². The molecule has 176 valence electrons. The van der Waals surface area contributed by atoms with E-state index in [9.17, 15) is 4.79 Å². The van der Waals surface area contributed by atoms with E-state index in [0.717, 1.165) is 29.2 Å². The molecule has 2 aromatic rings. The largest absolute Gasteiger partial charge is 0.469 e. The highest BCUT2D eigenvalue weighted by Crippen LogP contribution is 2.36. The minimum absolute atomic E-state index is 0.122. The summed E-state index contributed by atoms with van der Waals surface area (Å²) in [5.41, 5.74) is 4.52. The molecular weight excluding hydrogens is 418 g/mol. The molecule has 1 saturated heterocycles. The number of nitriles is 1. The number of carbonyl (C=O) groups is 1. The molecule has 0 bridgehead atoms. The summed E-state index contributed by atoms with van der Waals surface area (Å²) < 4.78 is 16.1. The quantitative estimate of drug-likeness (QED) is 0.564. The van der Waals surface area contributed by atoms with Crippen LogP contribution < -0.4 is 10.2 Å². The molecule has 0 radical (unpaired) electrons. The predicted molar refractivity (Wildman–Crippen MR) is 129 cm³/mol. The van der Waals surface area contributed by atoms with Crippen LogP contribution in [0.2, 0.25) is 0 Å². The number of ether oxygens (including phenoxy) is 3. The number of nitrogens with one attached hydrogen (secondary N) is 1. The number of carbonyl (C=O) groups excluding carboxylic acids is 1. The van der Waals surface area contributed by atoms with Crippen LogP contribution in [0.3, 0.4) is 0 Å². The summed E-state index contributed by atoms with van der Waals surface area (Å²) in [7, 11) is 3.03. The highest BCUT2D eigenvalue weighted by atomic mass is 16.5. The Morgan fingerprint density at radius 2 is 2.00 bits per heavy atom. The lowest BCUT2D eigenvalue weighted by molar-refractivity contribution is -0.141. The Hall–Kier alpha value is -3.08. The highest BCUT2D eigenvalue weighted by Gasteiger charge is 2.28. The zero-order valence-corrected chi connectivity index (χ0v) is 19.8. The maximum Gasteiger partial charge on any atom is 0.306 e. The number of morpholine rings is 1. The smallest absolute Gasteiger partial charge is 0.306 e. The highest BCUT2D eigenvalue weighted by molar-refractivity contribution is 5.77. The van der Waals surface area contributed by atoms with E-state index in [1.165, 1.54) is 7.11 Å². The minimum atomic E-state index is -0.268. The van der Waals surface area contributed by atoms with Crippen LogP contribution in [0.4, 0.5) is 17.1 Å². The standard InChI is InChI=1S/C26H33N3O4/c1-18(2)25-17-33-12-11-29(25)24-10-7-20(21(16-31-3)14-26(30)32-4)13-23(24)28-22-8-5-19(15-27)6-9-22/h5-10,13,18,21,25,28H,11-12,14,16-17H2,1-4H3. The van der Waals surface area contributed by atoms with Crippen molar-refractivity contribution in [2.24, 2.45) is 5.92 Å². The van der Waals surface area contributed by atoms with Gasteiger partial charge in [0.25, 0.3) is 0 Å². The Kier molecular flexibility index (Phi) is 8.70. The molecule has 2 atom stereocenters. The van der Waals surface area contributed by atoms with Gasteiger partial charge >= 0.3 is 5.97 Å². The van der Waals surface area contributed by atoms with Gasteiger partial charge in [0, 0.05) is 25.3 Å². The van der Waals surface area contributed by atoms with Gasteiger partial charge in [-0.05, 0) is 47.9 Å². The van der Waals surface area contributed by atoms with Gasteiger partial charge in [0.15, 0.2) is 0 Å². The number of rotatable bonds is 9. The molecule has 3 rings (SSSR count). The average molecular weight is 452 g/mol. The fraction of sp³-hybridized carbons (Fsp3) is 0.462. The normalized spacial score (nSPS) is 16.8. The summed E-state index contributed by atoms with van der Waals surface area (Å²) in [6.45, 7) is 6.99. The minimum Gasteiger partial charge on any atom is -0.469 e. The maximum absolute atomic E-state index is 12.0. The Balaban J connectivity index is 2.02. The van der Waals surface area contributed by atoms with Crippen LogP contribution in [0.25, 0.3) is 0 Å². The molecule has 1 heterocycles. The molecule has 0 saturated carbocycles. The third-order valence-corrected chi connectivity index (χ3v) is 6.04. The summed E-state index contributed by atoms with van der Waals surface area (Å²) in [6.07, 6.45) is 0.242. The van der Waals surface area contributed by atoms with Crippen molar-refractivity contribution in [2.75, 3.05) is 50.8 Å². The molecule has 7 heteroatoms. The molecular formula is C26H33N3O4. The zero-order chi connectivity index (χ0) is 23.8. The molecule has 0 spiro atoms. The molecule has 0 aliphatic carbocycles. The van der Waals surface area contributed by atoms with Crippen molar-refractivity contribution >= 4 is 23.0 Å². The Morgan fingerprint density at radius 1 is 1.24 bits per heavy atom. The second kappa shape index (κ2) is 11.7. The Morgan fingerprint density at radius 3 is 2.64 bits per heavy atom. The fourth-order valence-electron chi connectivity index (χ4n) is 4.17. The molecule has 2 unspecified atom stereocenters. The van der Waals surface area contributed by atoms with Crippen molar-refractivity contribution in [1.29, 1.82) is 5.26 Å². The number of esters is 1. The van der Waals surface area contributed by atoms with E-state index in [2.05, 4.69) is 48.3 Å². The van der Waals surface area contributed by atoms with E-state index >= 15 is 0 Å². The van der Waals surface area contributed by atoms with Gasteiger partial charge in [-0.3, -0.25) is 4.79 Å². The van der Waals surface area contributed by atoms with Gasteiger partial charge in [-0.1, -0.05) is 19.9 Å².